The van der Waals surface area contributed by atoms with Crippen LogP contribution in [0.25, 0.3) is 0 Å². The lowest BCUT2D eigenvalue weighted by Gasteiger charge is -2.14. The Hall–Kier alpha value is -0.460. The molecule has 1 heterocycles. The lowest BCUT2D eigenvalue weighted by atomic mass is 9.94. The van der Waals surface area contributed by atoms with Gasteiger partial charge < -0.3 is 5.32 Å². The van der Waals surface area contributed by atoms with Gasteiger partial charge in [0.1, 0.15) is 0 Å². The molecule has 0 unspecified atom stereocenters. The number of allylic oxidation sites excluding steroid dienone is 1. The number of hydrogen-bond acceptors (Lipinski definition) is 1. The van der Waals surface area contributed by atoms with Gasteiger partial charge in [-0.1, -0.05) is 27.7 Å². The molecular weight excluding hydrogens is 158 g/mol. The lowest BCUT2D eigenvalue weighted by Crippen LogP contribution is -2.25. The van der Waals surface area contributed by atoms with Crippen LogP contribution in [0.2, 0.25) is 0 Å². The molecule has 2 aliphatic rings. The van der Waals surface area contributed by atoms with Gasteiger partial charge in [-0.3, -0.25) is 0 Å². The van der Waals surface area contributed by atoms with Crippen LogP contribution in [0.1, 0.15) is 47.0 Å². The highest BCUT2D eigenvalue weighted by Gasteiger charge is 2.48. The van der Waals surface area contributed by atoms with Crippen molar-refractivity contribution in [1.82, 2.24) is 5.32 Å². The molecule has 1 fully saturated rings. The third-order valence-electron chi connectivity index (χ3n) is 3.40. The highest BCUT2D eigenvalue weighted by atomic mass is 15.1. The SMILES string of the molecule is CC(C)C1=C(C(C)C)NC2(CC2)C1. The van der Waals surface area contributed by atoms with Crippen LogP contribution in [0.3, 0.4) is 0 Å². The zero-order valence-electron chi connectivity index (χ0n) is 9.28. The maximum Gasteiger partial charge on any atom is 0.0410 e. The molecule has 0 saturated heterocycles. The van der Waals surface area contributed by atoms with Crippen LogP contribution in [-0.2, 0) is 0 Å². The lowest BCUT2D eigenvalue weighted by molar-refractivity contribution is 0.561. The van der Waals surface area contributed by atoms with Gasteiger partial charge in [0, 0.05) is 11.2 Å². The minimum atomic E-state index is 0.527. The second-order valence-corrected chi connectivity index (χ2v) is 5.33. The van der Waals surface area contributed by atoms with Crippen molar-refractivity contribution in [2.24, 2.45) is 11.8 Å². The normalized spacial score (nSPS) is 24.8. The van der Waals surface area contributed by atoms with Gasteiger partial charge in [-0.05, 0) is 36.7 Å². The summed E-state index contributed by atoms with van der Waals surface area (Å²) < 4.78 is 0. The van der Waals surface area contributed by atoms with Crippen LogP contribution in [0.5, 0.6) is 0 Å². The summed E-state index contributed by atoms with van der Waals surface area (Å²) in [6.45, 7) is 9.24. The van der Waals surface area contributed by atoms with Crippen LogP contribution < -0.4 is 5.32 Å². The van der Waals surface area contributed by atoms with Gasteiger partial charge >= 0.3 is 0 Å². The molecule has 1 aliphatic heterocycles. The van der Waals surface area contributed by atoms with Gasteiger partial charge in [0.25, 0.3) is 0 Å². The molecule has 0 amide bonds. The fraction of sp³-hybridized carbons (Fsp3) is 0.833. The topological polar surface area (TPSA) is 12.0 Å². The molecule has 0 atom stereocenters. The average molecular weight is 179 g/mol. The molecule has 1 N–H and O–H groups in total. The standard InChI is InChI=1S/C12H21N/c1-8(2)10-7-12(5-6-12)13-11(10)9(3)4/h8-9,13H,5-7H2,1-4H3. The van der Waals surface area contributed by atoms with E-state index in [1.807, 2.05) is 0 Å². The molecule has 0 aromatic heterocycles. The number of rotatable bonds is 2. The van der Waals surface area contributed by atoms with Crippen molar-refractivity contribution < 1.29 is 0 Å². The van der Waals surface area contributed by atoms with Crippen molar-refractivity contribution in [1.29, 1.82) is 0 Å². The quantitative estimate of drug-likeness (QED) is 0.687. The Bertz CT molecular complexity index is 222. The summed E-state index contributed by atoms with van der Waals surface area (Å²) in [5.41, 5.74) is 3.76. The molecule has 2 rings (SSSR count). The van der Waals surface area contributed by atoms with Gasteiger partial charge in [-0.2, -0.15) is 0 Å². The van der Waals surface area contributed by atoms with E-state index in [1.165, 1.54) is 19.3 Å². The summed E-state index contributed by atoms with van der Waals surface area (Å²) in [7, 11) is 0. The minimum Gasteiger partial charge on any atom is -0.382 e. The van der Waals surface area contributed by atoms with Crippen molar-refractivity contribution in [2.45, 2.75) is 52.5 Å². The van der Waals surface area contributed by atoms with Crippen LogP contribution in [0.15, 0.2) is 11.3 Å². The summed E-state index contributed by atoms with van der Waals surface area (Å²) in [4.78, 5) is 0. The van der Waals surface area contributed by atoms with E-state index in [9.17, 15) is 0 Å². The van der Waals surface area contributed by atoms with E-state index in [0.29, 0.717) is 11.5 Å². The van der Waals surface area contributed by atoms with Gasteiger partial charge in [0.15, 0.2) is 0 Å². The van der Waals surface area contributed by atoms with E-state index in [4.69, 9.17) is 0 Å². The summed E-state index contributed by atoms with van der Waals surface area (Å²) in [5, 5.41) is 3.75. The first-order valence-corrected chi connectivity index (χ1v) is 5.55. The third kappa shape index (κ3) is 1.49. The Morgan fingerprint density at radius 2 is 1.69 bits per heavy atom. The molecule has 0 aromatic rings. The fourth-order valence-electron chi connectivity index (χ4n) is 2.35. The number of hydrogen-bond donors (Lipinski definition) is 1. The third-order valence-corrected chi connectivity index (χ3v) is 3.40. The molecule has 0 bridgehead atoms. The summed E-state index contributed by atoms with van der Waals surface area (Å²) in [6, 6.07) is 0. The summed E-state index contributed by atoms with van der Waals surface area (Å²) in [6.07, 6.45) is 4.09. The van der Waals surface area contributed by atoms with Gasteiger partial charge in [0.05, 0.1) is 0 Å². The van der Waals surface area contributed by atoms with Crippen molar-refractivity contribution in [3.05, 3.63) is 11.3 Å². The van der Waals surface area contributed by atoms with Crippen LogP contribution >= 0.6 is 0 Å². The molecule has 74 valence electrons. The van der Waals surface area contributed by atoms with Crippen molar-refractivity contribution >= 4 is 0 Å². The van der Waals surface area contributed by atoms with Crippen molar-refractivity contribution in [3.63, 3.8) is 0 Å². The maximum absolute atomic E-state index is 3.75. The maximum atomic E-state index is 3.75. The molecule has 0 radical (unpaired) electrons. The first-order valence-electron chi connectivity index (χ1n) is 5.55. The summed E-state index contributed by atoms with van der Waals surface area (Å²) in [5.74, 6) is 1.40. The fourth-order valence-corrected chi connectivity index (χ4v) is 2.35. The largest absolute Gasteiger partial charge is 0.382 e. The molecule has 1 nitrogen and oxygen atoms in total. The Balaban J connectivity index is 2.20. The first-order chi connectivity index (χ1) is 6.04. The highest BCUT2D eigenvalue weighted by Crippen LogP contribution is 2.49. The molecule has 1 heteroatoms. The molecule has 13 heavy (non-hydrogen) atoms. The Morgan fingerprint density at radius 3 is 2.00 bits per heavy atom. The van der Waals surface area contributed by atoms with E-state index in [0.717, 1.165) is 5.92 Å². The van der Waals surface area contributed by atoms with Gasteiger partial charge in [-0.25, -0.2) is 0 Å². The van der Waals surface area contributed by atoms with Gasteiger partial charge in [-0.15, -0.1) is 0 Å². The number of nitrogens with one attached hydrogen (secondary N) is 1. The zero-order valence-corrected chi connectivity index (χ0v) is 9.28. The van der Waals surface area contributed by atoms with Crippen LogP contribution in [-0.4, -0.2) is 5.54 Å². The Labute approximate surface area is 81.6 Å². The van der Waals surface area contributed by atoms with Crippen molar-refractivity contribution in [2.75, 3.05) is 0 Å². The second kappa shape index (κ2) is 2.76. The molecule has 1 aliphatic carbocycles. The predicted octanol–water partition coefficient (Wildman–Crippen LogP) is 3.08. The van der Waals surface area contributed by atoms with E-state index >= 15 is 0 Å². The van der Waals surface area contributed by atoms with Gasteiger partial charge in [0.2, 0.25) is 0 Å². The molecule has 1 spiro atoms. The Kier molecular flexibility index (Phi) is 1.94. The Morgan fingerprint density at radius 1 is 1.08 bits per heavy atom. The second-order valence-electron chi connectivity index (χ2n) is 5.33. The van der Waals surface area contributed by atoms with E-state index in [2.05, 4.69) is 33.0 Å². The average Bonchev–Trinajstić information content (AvgIpc) is 2.60. The first kappa shape index (κ1) is 9.11. The van der Waals surface area contributed by atoms with E-state index in [-0.39, 0.29) is 0 Å². The summed E-state index contributed by atoms with van der Waals surface area (Å²) >= 11 is 0. The molecule has 1 saturated carbocycles. The zero-order chi connectivity index (χ0) is 9.64. The van der Waals surface area contributed by atoms with E-state index < -0.39 is 0 Å². The van der Waals surface area contributed by atoms with Crippen LogP contribution in [0, 0.1) is 11.8 Å². The minimum absolute atomic E-state index is 0.527. The predicted molar refractivity (Wildman–Crippen MR) is 56.4 cm³/mol. The van der Waals surface area contributed by atoms with Crippen molar-refractivity contribution in [3.8, 4) is 0 Å². The van der Waals surface area contributed by atoms with Crippen LogP contribution in [0.4, 0.5) is 0 Å². The monoisotopic (exact) mass is 179 g/mol. The smallest absolute Gasteiger partial charge is 0.0410 e. The molecular formula is C12H21N. The van der Waals surface area contributed by atoms with E-state index in [1.54, 1.807) is 11.3 Å². The highest BCUT2D eigenvalue weighted by molar-refractivity contribution is 5.31. The molecule has 0 aromatic carbocycles.